The van der Waals surface area contributed by atoms with Crippen molar-refractivity contribution in [3.05, 3.63) is 131 Å². The molecule has 0 atom stereocenters. The number of nitrogens with one attached hydrogen (secondary N) is 1. The van der Waals surface area contributed by atoms with Crippen molar-refractivity contribution in [1.29, 1.82) is 5.26 Å². The lowest BCUT2D eigenvalue weighted by Crippen LogP contribution is -2.27. The number of aromatic nitrogens is 2. The lowest BCUT2D eigenvalue weighted by Gasteiger charge is -2.30. The molecule has 6 rings (SSSR count). The van der Waals surface area contributed by atoms with Crippen LogP contribution in [0.3, 0.4) is 0 Å². The highest BCUT2D eigenvalue weighted by Crippen LogP contribution is 2.50. The van der Waals surface area contributed by atoms with Crippen LogP contribution >= 0.6 is 6.89 Å². The molecule has 0 unspecified atom stereocenters. The second-order valence-electron chi connectivity index (χ2n) is 9.12. The SMILES string of the molecule is Cc1c(N)c(=P(c2ccccc2)(c2ccccc2)c2ccccc2)n2c([nH]c3cc(F)c(F)cc32)c1C#N. The van der Waals surface area contributed by atoms with Crippen LogP contribution in [0.1, 0.15) is 11.1 Å². The number of hydrogen-bond donors (Lipinski definition) is 2. The number of nitrogens with two attached hydrogens (primary N) is 1. The maximum Gasteiger partial charge on any atom is 0.161 e. The molecule has 4 aromatic carbocycles. The van der Waals surface area contributed by atoms with Crippen molar-refractivity contribution in [2.75, 3.05) is 5.73 Å². The van der Waals surface area contributed by atoms with Gasteiger partial charge in [0, 0.05) is 19.0 Å². The molecule has 0 spiro atoms. The number of imidazole rings is 1. The van der Waals surface area contributed by atoms with Crippen molar-refractivity contribution in [2.45, 2.75) is 6.92 Å². The highest BCUT2D eigenvalue weighted by molar-refractivity contribution is 7.89. The van der Waals surface area contributed by atoms with Gasteiger partial charge in [0.1, 0.15) is 11.7 Å². The summed E-state index contributed by atoms with van der Waals surface area (Å²) >= 11 is 0. The van der Waals surface area contributed by atoms with Crippen LogP contribution < -0.4 is 21.6 Å². The van der Waals surface area contributed by atoms with Gasteiger partial charge in [-0.25, -0.2) is 8.78 Å². The Bertz CT molecular complexity index is 1870. The fourth-order valence-corrected chi connectivity index (χ4v) is 9.88. The summed E-state index contributed by atoms with van der Waals surface area (Å²) < 4.78 is 30.9. The Morgan fingerprint density at radius 1 is 0.789 bits per heavy atom. The molecule has 0 radical (unpaired) electrons. The molecular weight excluding hydrogens is 497 g/mol. The Balaban J connectivity index is 2.10. The molecule has 6 aromatic rings. The van der Waals surface area contributed by atoms with Gasteiger partial charge in [0.05, 0.1) is 27.4 Å². The molecular formula is C31H23F2N4P. The van der Waals surface area contributed by atoms with Crippen molar-refractivity contribution in [3.8, 4) is 6.07 Å². The topological polar surface area (TPSA) is 70.0 Å². The van der Waals surface area contributed by atoms with E-state index < -0.39 is 18.5 Å². The van der Waals surface area contributed by atoms with E-state index in [0.717, 1.165) is 27.0 Å². The van der Waals surface area contributed by atoms with Crippen LogP contribution in [-0.4, -0.2) is 9.38 Å². The number of anilines is 1. The van der Waals surface area contributed by atoms with Gasteiger partial charge in [-0.3, -0.25) is 4.40 Å². The number of aromatic amines is 1. The van der Waals surface area contributed by atoms with Gasteiger partial charge in [-0.05, 0) is 28.4 Å². The lowest BCUT2D eigenvalue weighted by molar-refractivity contribution is 0.510. The van der Waals surface area contributed by atoms with Gasteiger partial charge in [-0.1, -0.05) is 91.0 Å². The number of pyridine rings is 1. The number of nitrogens with zero attached hydrogens (tertiary/aromatic N) is 2. The third-order valence-electron chi connectivity index (χ3n) is 7.08. The zero-order valence-corrected chi connectivity index (χ0v) is 21.4. The normalized spacial score (nSPS) is 11.6. The van der Waals surface area contributed by atoms with E-state index in [2.05, 4.69) is 47.5 Å². The first-order valence-corrected chi connectivity index (χ1v) is 13.9. The van der Waals surface area contributed by atoms with Crippen LogP contribution in [0, 0.1) is 35.0 Å². The molecule has 0 aliphatic carbocycles. The molecule has 7 heteroatoms. The minimum Gasteiger partial charge on any atom is -0.397 e. The van der Waals surface area contributed by atoms with Crippen molar-refractivity contribution >= 4 is 45.2 Å². The molecule has 0 fully saturated rings. The van der Waals surface area contributed by atoms with E-state index in [1.54, 1.807) is 0 Å². The zero-order chi connectivity index (χ0) is 26.4. The average Bonchev–Trinajstić information content (AvgIpc) is 3.30. The molecule has 0 saturated carbocycles. The number of fused-ring (bicyclic) bond motifs is 3. The summed E-state index contributed by atoms with van der Waals surface area (Å²) in [6.45, 7) is -0.933. The van der Waals surface area contributed by atoms with Crippen LogP contribution in [0.2, 0.25) is 0 Å². The largest absolute Gasteiger partial charge is 0.397 e. The van der Waals surface area contributed by atoms with Crippen LogP contribution in [-0.2, 0) is 0 Å². The van der Waals surface area contributed by atoms with Crippen LogP contribution in [0.4, 0.5) is 14.5 Å². The number of hydrogen-bond acceptors (Lipinski definition) is 2. The molecule has 2 aromatic heterocycles. The standard InChI is InChI=1S/C31H23F2N4P/c1-20-24(19-34)30-36-27-17-25(32)26(33)18-28(27)37(30)31(29(20)35)38(21-11-5-2-6-12-21,22-13-7-3-8-14-22)23-15-9-4-10-16-23/h2-18,36H,35H2,1H3. The van der Waals surface area contributed by atoms with Crippen LogP contribution in [0.25, 0.3) is 16.7 Å². The fraction of sp³-hybridized carbons (Fsp3) is 0.0323. The van der Waals surface area contributed by atoms with Crippen molar-refractivity contribution in [1.82, 2.24) is 9.38 Å². The number of H-pyrrole nitrogens is 1. The summed E-state index contributed by atoms with van der Waals surface area (Å²) in [6, 6.07) is 34.9. The lowest BCUT2D eigenvalue weighted by atomic mass is 10.1. The van der Waals surface area contributed by atoms with E-state index in [9.17, 15) is 14.0 Å². The van der Waals surface area contributed by atoms with Crippen LogP contribution in [0.15, 0.2) is 103 Å². The summed E-state index contributed by atoms with van der Waals surface area (Å²) in [6.07, 6.45) is 0. The second kappa shape index (κ2) is 9.06. The van der Waals surface area contributed by atoms with E-state index >= 15 is 0 Å². The Morgan fingerprint density at radius 2 is 1.26 bits per heavy atom. The van der Waals surface area contributed by atoms with Gasteiger partial charge in [0.2, 0.25) is 0 Å². The maximum atomic E-state index is 14.7. The fourth-order valence-electron chi connectivity index (χ4n) is 5.36. The molecule has 0 amide bonds. The van der Waals surface area contributed by atoms with Gasteiger partial charge in [-0.15, -0.1) is 0 Å². The summed E-state index contributed by atoms with van der Waals surface area (Å²) in [5.41, 5.74) is 9.62. The summed E-state index contributed by atoms with van der Waals surface area (Å²) in [4.78, 5) is 3.20. The Hall–Kier alpha value is -4.59. The molecule has 4 nitrogen and oxygen atoms in total. The van der Waals surface area contributed by atoms with E-state index in [-0.39, 0.29) is 0 Å². The minimum absolute atomic E-state index is 0.329. The molecule has 3 N–H and O–H groups in total. The molecule has 38 heavy (non-hydrogen) atoms. The second-order valence-corrected chi connectivity index (χ2v) is 12.4. The summed E-state index contributed by atoms with van der Waals surface area (Å²) in [5.74, 6) is -1.94. The molecule has 186 valence electrons. The molecule has 0 aliphatic heterocycles. The highest BCUT2D eigenvalue weighted by atomic mass is 31.2. The van der Waals surface area contributed by atoms with Gasteiger partial charge in [0.25, 0.3) is 0 Å². The zero-order valence-electron chi connectivity index (χ0n) is 20.5. The summed E-state index contributed by atoms with van der Waals surface area (Å²) in [5, 5.41) is 14.0. The Labute approximate surface area is 218 Å². The predicted octanol–water partition coefficient (Wildman–Crippen LogP) is 5.99. The number of rotatable bonds is 3. The first-order valence-electron chi connectivity index (χ1n) is 12.1. The van der Waals surface area contributed by atoms with E-state index in [0.29, 0.717) is 33.5 Å². The van der Waals surface area contributed by atoms with Gasteiger partial charge < -0.3 is 10.7 Å². The van der Waals surface area contributed by atoms with E-state index in [1.807, 2.05) is 65.9 Å². The third kappa shape index (κ3) is 3.33. The average molecular weight is 521 g/mol. The molecule has 2 heterocycles. The van der Waals surface area contributed by atoms with Crippen molar-refractivity contribution in [3.63, 3.8) is 0 Å². The molecule has 0 bridgehead atoms. The van der Waals surface area contributed by atoms with E-state index in [1.165, 1.54) is 6.07 Å². The maximum absolute atomic E-state index is 14.7. The quantitative estimate of drug-likeness (QED) is 0.282. The van der Waals surface area contributed by atoms with Gasteiger partial charge >= 0.3 is 0 Å². The number of nitriles is 1. The minimum atomic E-state index is -2.75. The van der Waals surface area contributed by atoms with Crippen LogP contribution in [0.5, 0.6) is 0 Å². The molecule has 0 aliphatic rings. The Kier molecular flexibility index (Phi) is 5.67. The first kappa shape index (κ1) is 23.8. The van der Waals surface area contributed by atoms with Crippen molar-refractivity contribution in [2.24, 2.45) is 0 Å². The number of benzene rings is 4. The highest BCUT2D eigenvalue weighted by Gasteiger charge is 2.30. The predicted molar refractivity (Wildman–Crippen MR) is 151 cm³/mol. The van der Waals surface area contributed by atoms with Gasteiger partial charge in [0.15, 0.2) is 11.6 Å². The van der Waals surface area contributed by atoms with Crippen molar-refractivity contribution < 1.29 is 8.78 Å². The third-order valence-corrected chi connectivity index (χ3v) is 11.4. The Morgan fingerprint density at radius 3 is 1.74 bits per heavy atom. The first-order chi connectivity index (χ1) is 18.5. The van der Waals surface area contributed by atoms with Gasteiger partial charge in [-0.2, -0.15) is 5.26 Å². The van der Waals surface area contributed by atoms with E-state index in [4.69, 9.17) is 5.73 Å². The molecule has 0 saturated heterocycles. The number of halogens is 2. The summed E-state index contributed by atoms with van der Waals surface area (Å²) in [7, 11) is 0. The smallest absolute Gasteiger partial charge is 0.161 e. The number of nitrogen functional groups attached to an aromatic ring is 1. The monoisotopic (exact) mass is 520 g/mol.